The molecule has 4 rings (SSSR count). The molecule has 2 aromatic heterocycles. The predicted molar refractivity (Wildman–Crippen MR) is 114 cm³/mol. The van der Waals surface area contributed by atoms with E-state index in [4.69, 9.17) is 17.0 Å². The van der Waals surface area contributed by atoms with Crippen LogP contribution in [0.3, 0.4) is 0 Å². The first-order valence-corrected chi connectivity index (χ1v) is 12.3. The topological polar surface area (TPSA) is 86.7 Å². The lowest BCUT2D eigenvalue weighted by Gasteiger charge is -2.40. The number of ether oxygens (including phenoxy) is 1. The highest BCUT2D eigenvalue weighted by molar-refractivity contribution is 7.86. The summed E-state index contributed by atoms with van der Waals surface area (Å²) in [6.07, 6.45) is -0.177. The zero-order valence-electron chi connectivity index (χ0n) is 16.5. The third-order valence-electron chi connectivity index (χ3n) is 5.15. The van der Waals surface area contributed by atoms with Crippen LogP contribution in [0, 0.1) is 4.77 Å². The molecule has 160 valence electrons. The monoisotopic (exact) mass is 458 g/mol. The molecule has 1 N–H and O–H groups in total. The molecule has 2 aromatic rings. The van der Waals surface area contributed by atoms with Crippen LogP contribution in [0.2, 0.25) is 0 Å². The number of thiophene rings is 1. The molecule has 2 atom stereocenters. The van der Waals surface area contributed by atoms with Crippen LogP contribution in [0.1, 0.15) is 13.8 Å². The fraction of sp³-hybridized carbons (Fsp3) is 0.647. The molecule has 2 aliphatic heterocycles. The van der Waals surface area contributed by atoms with Crippen molar-refractivity contribution in [2.24, 2.45) is 0 Å². The highest BCUT2D eigenvalue weighted by Crippen LogP contribution is 2.21. The third kappa shape index (κ3) is 4.63. The van der Waals surface area contributed by atoms with Crippen LogP contribution in [0.5, 0.6) is 0 Å². The van der Waals surface area contributed by atoms with Gasteiger partial charge in [0.2, 0.25) is 4.77 Å². The Bertz CT molecular complexity index is 968. The number of nitrogens with one attached hydrogen (secondary N) is 1. The summed E-state index contributed by atoms with van der Waals surface area (Å²) in [6, 6.07) is 3.98. The number of aromatic amines is 1. The van der Waals surface area contributed by atoms with Crippen molar-refractivity contribution in [3.8, 4) is 10.7 Å². The molecule has 4 heterocycles. The van der Waals surface area contributed by atoms with Crippen molar-refractivity contribution in [2.75, 3.05) is 39.3 Å². The van der Waals surface area contributed by atoms with Gasteiger partial charge in [-0.25, -0.2) is 4.68 Å². The highest BCUT2D eigenvalue weighted by Gasteiger charge is 2.36. The molecule has 0 saturated carbocycles. The number of hydrogen-bond donors (Lipinski definition) is 1. The molecule has 0 spiro atoms. The van der Waals surface area contributed by atoms with Crippen molar-refractivity contribution in [3.63, 3.8) is 0 Å². The summed E-state index contributed by atoms with van der Waals surface area (Å²) in [5, 5.41) is 5.25. The van der Waals surface area contributed by atoms with Crippen LogP contribution in [-0.2, 0) is 21.6 Å². The van der Waals surface area contributed by atoms with Gasteiger partial charge in [-0.3, -0.25) is 10.00 Å². The van der Waals surface area contributed by atoms with Crippen molar-refractivity contribution in [1.29, 1.82) is 0 Å². The Hall–Kier alpha value is -1.15. The molecule has 29 heavy (non-hydrogen) atoms. The van der Waals surface area contributed by atoms with E-state index in [9.17, 15) is 8.42 Å². The molecule has 2 aliphatic rings. The van der Waals surface area contributed by atoms with Crippen molar-refractivity contribution in [1.82, 2.24) is 28.3 Å². The van der Waals surface area contributed by atoms with Gasteiger partial charge in [-0.05, 0) is 37.5 Å². The molecule has 2 saturated heterocycles. The van der Waals surface area contributed by atoms with Crippen LogP contribution >= 0.6 is 23.6 Å². The first kappa shape index (κ1) is 21.1. The summed E-state index contributed by atoms with van der Waals surface area (Å²) < 4.78 is 37.2. The second-order valence-electron chi connectivity index (χ2n) is 7.50. The van der Waals surface area contributed by atoms with Crippen LogP contribution in [-0.4, -0.2) is 88.2 Å². The first-order chi connectivity index (χ1) is 13.8. The molecular formula is C17H26N6O3S3. The fourth-order valence-corrected chi connectivity index (χ4v) is 6.37. The number of piperazine rings is 1. The van der Waals surface area contributed by atoms with Crippen LogP contribution < -0.4 is 0 Å². The maximum Gasteiger partial charge on any atom is 0.282 e. The maximum absolute atomic E-state index is 13.0. The van der Waals surface area contributed by atoms with Crippen molar-refractivity contribution >= 4 is 33.8 Å². The zero-order valence-corrected chi connectivity index (χ0v) is 19.0. The molecule has 0 aliphatic carbocycles. The molecule has 9 nitrogen and oxygen atoms in total. The van der Waals surface area contributed by atoms with Crippen molar-refractivity contribution in [2.45, 2.75) is 32.7 Å². The Kier molecular flexibility index (Phi) is 6.21. The molecule has 2 fully saturated rings. The van der Waals surface area contributed by atoms with Gasteiger partial charge in [0.25, 0.3) is 10.2 Å². The second kappa shape index (κ2) is 8.53. The Balaban J connectivity index is 1.37. The summed E-state index contributed by atoms with van der Waals surface area (Å²) in [4.78, 5) is 7.65. The third-order valence-corrected chi connectivity index (χ3v) is 8.30. The number of morpholine rings is 1. The van der Waals surface area contributed by atoms with Gasteiger partial charge in [-0.15, -0.1) is 11.3 Å². The summed E-state index contributed by atoms with van der Waals surface area (Å²) in [7, 11) is -3.47. The standard InChI is InChI=1S/C17H26N6O3S3/c1-13-10-22(11-14(2)26-13)29(24,25)21-7-5-20(6-8-21)12-23-17(27)18-16(19-23)15-4-3-9-28-15/h3-4,9,13-14H,5-8,10-12H2,1-2H3,(H,18,19,27). The average molecular weight is 459 g/mol. The molecule has 0 radical (unpaired) electrons. The van der Waals surface area contributed by atoms with E-state index in [-0.39, 0.29) is 12.2 Å². The lowest BCUT2D eigenvalue weighted by atomic mass is 10.3. The van der Waals surface area contributed by atoms with E-state index in [1.165, 1.54) is 0 Å². The number of rotatable bonds is 5. The van der Waals surface area contributed by atoms with E-state index in [0.717, 1.165) is 10.7 Å². The molecule has 0 amide bonds. The maximum atomic E-state index is 13.0. The van der Waals surface area contributed by atoms with Gasteiger partial charge in [-0.2, -0.15) is 22.0 Å². The van der Waals surface area contributed by atoms with E-state index in [0.29, 0.717) is 50.7 Å². The van der Waals surface area contributed by atoms with Gasteiger partial charge >= 0.3 is 0 Å². The summed E-state index contributed by atoms with van der Waals surface area (Å²) >= 11 is 6.99. The number of nitrogens with zero attached hydrogens (tertiary/aromatic N) is 5. The fourth-order valence-electron chi connectivity index (χ4n) is 3.76. The minimum Gasteiger partial charge on any atom is -0.373 e. The van der Waals surface area contributed by atoms with Crippen molar-refractivity contribution < 1.29 is 13.2 Å². The van der Waals surface area contributed by atoms with Gasteiger partial charge in [0.15, 0.2) is 5.82 Å². The predicted octanol–water partition coefficient (Wildman–Crippen LogP) is 1.60. The normalized spacial score (nSPS) is 25.4. The summed E-state index contributed by atoms with van der Waals surface area (Å²) in [5.74, 6) is 0.766. The first-order valence-electron chi connectivity index (χ1n) is 9.66. The van der Waals surface area contributed by atoms with Gasteiger partial charge in [0, 0.05) is 39.3 Å². The Labute approximate surface area is 180 Å². The molecule has 2 unspecified atom stereocenters. The summed E-state index contributed by atoms with van der Waals surface area (Å²) in [6.45, 7) is 7.40. The average Bonchev–Trinajstić information content (AvgIpc) is 3.32. The van der Waals surface area contributed by atoms with Gasteiger partial charge in [-0.1, -0.05) is 6.07 Å². The van der Waals surface area contributed by atoms with Crippen LogP contribution in [0.15, 0.2) is 17.5 Å². The lowest BCUT2D eigenvalue weighted by Crippen LogP contribution is -2.57. The Morgan fingerprint density at radius 2 is 1.90 bits per heavy atom. The Morgan fingerprint density at radius 3 is 2.52 bits per heavy atom. The van der Waals surface area contributed by atoms with Crippen molar-refractivity contribution in [3.05, 3.63) is 22.3 Å². The van der Waals surface area contributed by atoms with Crippen LogP contribution in [0.4, 0.5) is 0 Å². The number of H-pyrrole nitrogens is 1. The smallest absolute Gasteiger partial charge is 0.282 e. The van der Waals surface area contributed by atoms with E-state index < -0.39 is 10.2 Å². The number of hydrogen-bond acceptors (Lipinski definition) is 7. The van der Waals surface area contributed by atoms with Gasteiger partial charge in [0.05, 0.1) is 23.8 Å². The van der Waals surface area contributed by atoms with Gasteiger partial charge in [0.1, 0.15) is 0 Å². The quantitative estimate of drug-likeness (QED) is 0.685. The SMILES string of the molecule is CC1CN(S(=O)(=O)N2CCN(Cn3[nH]c(-c4cccs4)nc3=S)CC2)CC(C)O1. The van der Waals surface area contributed by atoms with Gasteiger partial charge < -0.3 is 4.74 Å². The van der Waals surface area contributed by atoms with E-state index in [1.807, 2.05) is 36.0 Å². The van der Waals surface area contributed by atoms with E-state index in [1.54, 1.807) is 19.9 Å². The number of aromatic nitrogens is 3. The minimum absolute atomic E-state index is 0.0883. The molecule has 12 heteroatoms. The second-order valence-corrected chi connectivity index (χ2v) is 10.7. The Morgan fingerprint density at radius 1 is 1.21 bits per heavy atom. The molecule has 0 aromatic carbocycles. The largest absolute Gasteiger partial charge is 0.373 e. The lowest BCUT2D eigenvalue weighted by molar-refractivity contribution is -0.0458. The summed E-state index contributed by atoms with van der Waals surface area (Å²) in [5.41, 5.74) is 0. The van der Waals surface area contributed by atoms with Crippen LogP contribution in [0.25, 0.3) is 10.7 Å². The van der Waals surface area contributed by atoms with E-state index in [2.05, 4.69) is 15.0 Å². The highest BCUT2D eigenvalue weighted by atomic mass is 32.2. The zero-order chi connectivity index (χ0) is 20.6. The molecule has 0 bridgehead atoms. The molecular weight excluding hydrogens is 432 g/mol. The minimum atomic E-state index is -3.47. The van der Waals surface area contributed by atoms with E-state index >= 15 is 0 Å².